The molecule has 2 N–H and O–H groups in total. The van der Waals surface area contributed by atoms with Crippen molar-refractivity contribution in [3.05, 3.63) is 17.8 Å². The highest BCUT2D eigenvalue weighted by Gasteiger charge is 2.23. The molecule has 1 aliphatic carbocycles. The van der Waals surface area contributed by atoms with Gasteiger partial charge in [0.15, 0.2) is 11.6 Å². The van der Waals surface area contributed by atoms with Crippen LogP contribution in [0.2, 0.25) is 0 Å². The van der Waals surface area contributed by atoms with Gasteiger partial charge < -0.3 is 10.6 Å². The van der Waals surface area contributed by atoms with Gasteiger partial charge in [-0.25, -0.2) is 14.4 Å². The zero-order valence-electron chi connectivity index (χ0n) is 9.66. The maximum absolute atomic E-state index is 13.7. The molecule has 1 heterocycles. The van der Waals surface area contributed by atoms with Crippen molar-refractivity contribution in [3.8, 4) is 0 Å². The number of carbonyl (C=O) groups excluding carboxylic acids is 1. The van der Waals surface area contributed by atoms with Gasteiger partial charge in [0.25, 0.3) is 0 Å². The smallest absolute Gasteiger partial charge is 0.239 e. The maximum Gasteiger partial charge on any atom is 0.239 e. The van der Waals surface area contributed by atoms with Crippen LogP contribution in [0.25, 0.3) is 0 Å². The van der Waals surface area contributed by atoms with Crippen LogP contribution in [0.5, 0.6) is 0 Å². The molecule has 0 bridgehead atoms. The summed E-state index contributed by atoms with van der Waals surface area (Å²) in [5, 5.41) is 5.49. The molecule has 0 atom stereocenters. The first-order chi connectivity index (χ1) is 8.20. The number of hydrogen-bond acceptors (Lipinski definition) is 4. The SMILES string of the molecule is CCc1ncnc(NCC(=O)NC2CC2)c1F. The van der Waals surface area contributed by atoms with Crippen LogP contribution in [0, 0.1) is 5.82 Å². The predicted octanol–water partition coefficient (Wildman–Crippen LogP) is 0.869. The van der Waals surface area contributed by atoms with E-state index in [0.717, 1.165) is 12.8 Å². The number of amides is 1. The molecule has 1 fully saturated rings. The molecule has 1 amide bonds. The van der Waals surface area contributed by atoms with E-state index in [2.05, 4.69) is 20.6 Å². The summed E-state index contributed by atoms with van der Waals surface area (Å²) in [6.45, 7) is 1.85. The Labute approximate surface area is 98.8 Å². The topological polar surface area (TPSA) is 66.9 Å². The first kappa shape index (κ1) is 11.8. The van der Waals surface area contributed by atoms with Gasteiger partial charge >= 0.3 is 0 Å². The van der Waals surface area contributed by atoms with Gasteiger partial charge in [-0.1, -0.05) is 6.92 Å². The molecule has 5 nitrogen and oxygen atoms in total. The molecule has 6 heteroatoms. The van der Waals surface area contributed by atoms with Crippen LogP contribution >= 0.6 is 0 Å². The number of rotatable bonds is 5. The maximum atomic E-state index is 13.7. The van der Waals surface area contributed by atoms with Gasteiger partial charge in [0.1, 0.15) is 6.33 Å². The largest absolute Gasteiger partial charge is 0.358 e. The highest BCUT2D eigenvalue weighted by Crippen LogP contribution is 2.18. The summed E-state index contributed by atoms with van der Waals surface area (Å²) in [5.74, 6) is -0.527. The fourth-order valence-corrected chi connectivity index (χ4v) is 1.45. The summed E-state index contributed by atoms with van der Waals surface area (Å²) in [6.07, 6.45) is 3.86. The number of aromatic nitrogens is 2. The molecule has 0 saturated heterocycles. The lowest BCUT2D eigenvalue weighted by Crippen LogP contribution is -2.31. The molecule has 1 saturated carbocycles. The quantitative estimate of drug-likeness (QED) is 0.798. The summed E-state index contributed by atoms with van der Waals surface area (Å²) < 4.78 is 13.7. The molecule has 0 unspecified atom stereocenters. The zero-order valence-corrected chi connectivity index (χ0v) is 9.66. The van der Waals surface area contributed by atoms with E-state index in [0.29, 0.717) is 18.2 Å². The first-order valence-electron chi connectivity index (χ1n) is 5.73. The van der Waals surface area contributed by atoms with Crippen molar-refractivity contribution in [1.29, 1.82) is 0 Å². The number of aryl methyl sites for hydroxylation is 1. The second kappa shape index (κ2) is 5.07. The molecule has 0 spiro atoms. The van der Waals surface area contributed by atoms with Crippen LogP contribution in [0.3, 0.4) is 0 Å². The molecule has 2 rings (SSSR count). The standard InChI is InChI=1S/C11H15FN4O/c1-2-8-10(12)11(15-6-14-8)13-5-9(17)16-7-3-4-7/h6-7H,2-5H2,1H3,(H,16,17)(H,13,14,15). The predicted molar refractivity (Wildman–Crippen MR) is 61.0 cm³/mol. The van der Waals surface area contributed by atoms with E-state index in [1.54, 1.807) is 0 Å². The van der Waals surface area contributed by atoms with Crippen molar-refractivity contribution in [2.24, 2.45) is 0 Å². The Morgan fingerprint density at radius 2 is 2.29 bits per heavy atom. The second-order valence-corrected chi connectivity index (χ2v) is 4.03. The second-order valence-electron chi connectivity index (χ2n) is 4.03. The first-order valence-corrected chi connectivity index (χ1v) is 5.73. The number of nitrogens with zero attached hydrogens (tertiary/aromatic N) is 2. The zero-order chi connectivity index (χ0) is 12.3. The average molecular weight is 238 g/mol. The van der Waals surface area contributed by atoms with Crippen LogP contribution in [0.15, 0.2) is 6.33 Å². The van der Waals surface area contributed by atoms with E-state index in [-0.39, 0.29) is 18.3 Å². The van der Waals surface area contributed by atoms with Gasteiger partial charge in [-0.15, -0.1) is 0 Å². The van der Waals surface area contributed by atoms with E-state index < -0.39 is 5.82 Å². The Bertz CT molecular complexity index is 420. The molecule has 92 valence electrons. The normalized spacial score (nSPS) is 14.5. The Morgan fingerprint density at radius 1 is 1.53 bits per heavy atom. The summed E-state index contributed by atoms with van der Waals surface area (Å²) in [6, 6.07) is 0.311. The van der Waals surface area contributed by atoms with Crippen LogP contribution in [-0.4, -0.2) is 28.5 Å². The van der Waals surface area contributed by atoms with Gasteiger partial charge in [-0.05, 0) is 19.3 Å². The van der Waals surface area contributed by atoms with E-state index in [4.69, 9.17) is 0 Å². The lowest BCUT2D eigenvalue weighted by atomic mass is 10.3. The average Bonchev–Trinajstić information content (AvgIpc) is 3.11. The van der Waals surface area contributed by atoms with Crippen molar-refractivity contribution in [1.82, 2.24) is 15.3 Å². The number of carbonyl (C=O) groups is 1. The van der Waals surface area contributed by atoms with E-state index >= 15 is 0 Å². The highest BCUT2D eigenvalue weighted by molar-refractivity contribution is 5.80. The van der Waals surface area contributed by atoms with Crippen molar-refractivity contribution >= 4 is 11.7 Å². The van der Waals surface area contributed by atoms with Gasteiger partial charge in [0.2, 0.25) is 5.91 Å². The fraction of sp³-hybridized carbons (Fsp3) is 0.545. The summed E-state index contributed by atoms with van der Waals surface area (Å²) in [4.78, 5) is 19.0. The number of halogens is 1. The van der Waals surface area contributed by atoms with Crippen molar-refractivity contribution in [3.63, 3.8) is 0 Å². The number of nitrogens with one attached hydrogen (secondary N) is 2. The van der Waals surface area contributed by atoms with Crippen LogP contribution < -0.4 is 10.6 Å². The number of anilines is 1. The minimum absolute atomic E-state index is 0.0353. The Kier molecular flexibility index (Phi) is 3.51. The number of hydrogen-bond donors (Lipinski definition) is 2. The molecular formula is C11H15FN4O. The van der Waals surface area contributed by atoms with Gasteiger partial charge in [0, 0.05) is 6.04 Å². The van der Waals surface area contributed by atoms with E-state index in [9.17, 15) is 9.18 Å². The highest BCUT2D eigenvalue weighted by atomic mass is 19.1. The molecule has 1 aromatic rings. The van der Waals surface area contributed by atoms with Gasteiger partial charge in [-0.3, -0.25) is 4.79 Å². The lowest BCUT2D eigenvalue weighted by molar-refractivity contribution is -0.119. The van der Waals surface area contributed by atoms with Crippen LogP contribution in [0.1, 0.15) is 25.5 Å². The van der Waals surface area contributed by atoms with Crippen molar-refractivity contribution in [2.45, 2.75) is 32.2 Å². The minimum Gasteiger partial charge on any atom is -0.358 e. The van der Waals surface area contributed by atoms with Crippen molar-refractivity contribution < 1.29 is 9.18 Å². The third-order valence-corrected chi connectivity index (χ3v) is 2.56. The monoisotopic (exact) mass is 238 g/mol. The van der Waals surface area contributed by atoms with Crippen LogP contribution in [-0.2, 0) is 11.2 Å². The molecule has 0 aliphatic heterocycles. The lowest BCUT2D eigenvalue weighted by Gasteiger charge is -2.08. The Morgan fingerprint density at radius 3 is 2.94 bits per heavy atom. The van der Waals surface area contributed by atoms with Gasteiger partial charge in [-0.2, -0.15) is 0 Å². The third-order valence-electron chi connectivity index (χ3n) is 2.56. The molecule has 17 heavy (non-hydrogen) atoms. The van der Waals surface area contributed by atoms with Crippen molar-refractivity contribution in [2.75, 3.05) is 11.9 Å². The summed E-state index contributed by atoms with van der Waals surface area (Å²) >= 11 is 0. The van der Waals surface area contributed by atoms with Gasteiger partial charge in [0.05, 0.1) is 12.2 Å². The molecule has 0 aromatic carbocycles. The Hall–Kier alpha value is -1.72. The van der Waals surface area contributed by atoms with E-state index in [1.807, 2.05) is 6.92 Å². The molecular weight excluding hydrogens is 223 g/mol. The summed E-state index contributed by atoms with van der Waals surface area (Å²) in [5.41, 5.74) is 0.352. The molecule has 1 aliphatic rings. The van der Waals surface area contributed by atoms with Crippen LogP contribution in [0.4, 0.5) is 10.2 Å². The Balaban J connectivity index is 1.91. The molecule has 1 aromatic heterocycles. The summed E-state index contributed by atoms with van der Waals surface area (Å²) in [7, 11) is 0. The van der Waals surface area contributed by atoms with E-state index in [1.165, 1.54) is 6.33 Å². The minimum atomic E-state index is -0.478. The third kappa shape index (κ3) is 3.12. The molecule has 0 radical (unpaired) electrons. The fourth-order valence-electron chi connectivity index (χ4n) is 1.45.